The minimum absolute atomic E-state index is 0.288. The summed E-state index contributed by atoms with van der Waals surface area (Å²) in [6, 6.07) is 9.07. The highest BCUT2D eigenvalue weighted by Crippen LogP contribution is 2.11. The smallest absolute Gasteiger partial charge is 0.337 e. The number of anilines is 1. The van der Waals surface area contributed by atoms with Crippen molar-refractivity contribution in [2.24, 2.45) is 0 Å². The summed E-state index contributed by atoms with van der Waals surface area (Å²) in [5, 5.41) is 7.09. The van der Waals surface area contributed by atoms with E-state index >= 15 is 0 Å². The topological polar surface area (TPSA) is 84.5 Å². The minimum atomic E-state index is -0.690. The number of thiophene rings is 1. The van der Waals surface area contributed by atoms with Gasteiger partial charge in [0.2, 0.25) is 5.91 Å². The molecule has 23 heavy (non-hydrogen) atoms. The number of hydrogen-bond donors (Lipinski definition) is 2. The number of amides is 2. The average molecular weight is 332 g/mol. The number of ether oxygens (including phenoxy) is 1. The number of methoxy groups -OCH3 is 1. The van der Waals surface area contributed by atoms with Crippen LogP contribution in [0.2, 0.25) is 0 Å². The zero-order valence-corrected chi connectivity index (χ0v) is 13.5. The van der Waals surface area contributed by atoms with Crippen molar-refractivity contribution < 1.29 is 19.1 Å². The second-order valence-corrected chi connectivity index (χ2v) is 5.68. The maximum Gasteiger partial charge on any atom is 0.337 e. The van der Waals surface area contributed by atoms with E-state index in [1.54, 1.807) is 48.7 Å². The summed E-state index contributed by atoms with van der Waals surface area (Å²) in [5.41, 5.74) is 0.921. The van der Waals surface area contributed by atoms with Gasteiger partial charge in [-0.1, -0.05) is 6.07 Å². The maximum absolute atomic E-state index is 12.1. The number of carbonyl (C=O) groups is 3. The first-order valence-electron chi connectivity index (χ1n) is 6.85. The van der Waals surface area contributed by atoms with E-state index in [1.807, 2.05) is 0 Å². The predicted octanol–water partition coefficient (Wildman–Crippen LogP) is 2.29. The Morgan fingerprint density at radius 3 is 2.39 bits per heavy atom. The summed E-state index contributed by atoms with van der Waals surface area (Å²) >= 11 is 1.31. The first-order chi connectivity index (χ1) is 11.0. The number of carbonyl (C=O) groups excluding carboxylic acids is 3. The molecule has 0 radical (unpaired) electrons. The van der Waals surface area contributed by atoms with Crippen molar-refractivity contribution in [1.29, 1.82) is 0 Å². The Kier molecular flexibility index (Phi) is 5.48. The van der Waals surface area contributed by atoms with Gasteiger partial charge in [-0.2, -0.15) is 0 Å². The minimum Gasteiger partial charge on any atom is -0.465 e. The molecule has 0 saturated carbocycles. The lowest BCUT2D eigenvalue weighted by Crippen LogP contribution is -2.41. The molecule has 0 aliphatic rings. The molecule has 1 heterocycles. The fourth-order valence-electron chi connectivity index (χ4n) is 1.80. The third-order valence-corrected chi connectivity index (χ3v) is 3.93. The van der Waals surface area contributed by atoms with E-state index in [9.17, 15) is 14.4 Å². The molecule has 2 N–H and O–H groups in total. The van der Waals surface area contributed by atoms with E-state index < -0.39 is 12.0 Å². The molecule has 0 bridgehead atoms. The molecule has 6 nitrogen and oxygen atoms in total. The van der Waals surface area contributed by atoms with Crippen LogP contribution in [0.25, 0.3) is 0 Å². The molecular formula is C16H16N2O4S. The van der Waals surface area contributed by atoms with Crippen LogP contribution in [0, 0.1) is 0 Å². The zero-order chi connectivity index (χ0) is 16.8. The van der Waals surface area contributed by atoms with Crippen LogP contribution in [0.3, 0.4) is 0 Å². The number of hydrogen-bond acceptors (Lipinski definition) is 5. The van der Waals surface area contributed by atoms with Crippen molar-refractivity contribution >= 4 is 34.8 Å². The van der Waals surface area contributed by atoms with Crippen LogP contribution >= 0.6 is 11.3 Å². The lowest BCUT2D eigenvalue weighted by molar-refractivity contribution is -0.117. The second kappa shape index (κ2) is 7.55. The number of benzene rings is 1. The van der Waals surface area contributed by atoms with Crippen LogP contribution in [0.4, 0.5) is 5.69 Å². The Balaban J connectivity index is 1.93. The summed E-state index contributed by atoms with van der Waals surface area (Å²) in [6.07, 6.45) is 0. The third-order valence-electron chi connectivity index (χ3n) is 3.06. The first kappa shape index (κ1) is 16.7. The zero-order valence-electron chi connectivity index (χ0n) is 12.7. The van der Waals surface area contributed by atoms with Gasteiger partial charge in [0.05, 0.1) is 17.6 Å². The predicted molar refractivity (Wildman–Crippen MR) is 87.7 cm³/mol. The molecule has 1 aromatic carbocycles. The summed E-state index contributed by atoms with van der Waals surface area (Å²) in [5.74, 6) is -1.08. The standard InChI is InChI=1S/C16H16N2O4S/c1-10(17-15(20)13-4-3-9-23-13)14(19)18-12-7-5-11(6-8-12)16(21)22-2/h3-10H,1-2H3,(H,17,20)(H,18,19). The first-order valence-corrected chi connectivity index (χ1v) is 7.73. The highest BCUT2D eigenvalue weighted by Gasteiger charge is 2.17. The van der Waals surface area contributed by atoms with Crippen LogP contribution in [0.15, 0.2) is 41.8 Å². The van der Waals surface area contributed by atoms with Gasteiger partial charge in [-0.25, -0.2) is 4.79 Å². The fourth-order valence-corrected chi connectivity index (χ4v) is 2.43. The van der Waals surface area contributed by atoms with E-state index in [2.05, 4.69) is 15.4 Å². The van der Waals surface area contributed by atoms with Gasteiger partial charge in [0, 0.05) is 5.69 Å². The van der Waals surface area contributed by atoms with Crippen LogP contribution in [-0.4, -0.2) is 30.9 Å². The average Bonchev–Trinajstić information content (AvgIpc) is 3.09. The molecule has 7 heteroatoms. The van der Waals surface area contributed by atoms with Gasteiger partial charge in [-0.15, -0.1) is 11.3 Å². The molecule has 2 aromatic rings. The van der Waals surface area contributed by atoms with Crippen molar-refractivity contribution in [3.05, 3.63) is 52.2 Å². The lowest BCUT2D eigenvalue weighted by Gasteiger charge is -2.13. The Morgan fingerprint density at radius 2 is 1.83 bits per heavy atom. The van der Waals surface area contributed by atoms with Crippen LogP contribution in [0.1, 0.15) is 27.0 Å². The van der Waals surface area contributed by atoms with Gasteiger partial charge in [-0.3, -0.25) is 9.59 Å². The van der Waals surface area contributed by atoms with Crippen LogP contribution in [-0.2, 0) is 9.53 Å². The number of nitrogens with one attached hydrogen (secondary N) is 2. The molecule has 2 rings (SSSR count). The van der Waals surface area contributed by atoms with E-state index in [4.69, 9.17) is 0 Å². The van der Waals surface area contributed by atoms with Crippen LogP contribution in [0.5, 0.6) is 0 Å². The Labute approximate surface area is 137 Å². The lowest BCUT2D eigenvalue weighted by atomic mass is 10.2. The Hall–Kier alpha value is -2.67. The monoisotopic (exact) mass is 332 g/mol. The van der Waals surface area contributed by atoms with E-state index in [0.717, 1.165) is 0 Å². The molecule has 1 unspecified atom stereocenters. The SMILES string of the molecule is COC(=O)c1ccc(NC(=O)C(C)NC(=O)c2cccs2)cc1. The summed E-state index contributed by atoms with van der Waals surface area (Å²) < 4.78 is 4.60. The molecule has 2 amide bonds. The Morgan fingerprint density at radius 1 is 1.13 bits per heavy atom. The van der Waals surface area contributed by atoms with E-state index in [0.29, 0.717) is 16.1 Å². The van der Waals surface area contributed by atoms with Crippen molar-refractivity contribution in [3.8, 4) is 0 Å². The van der Waals surface area contributed by atoms with Gasteiger partial charge in [-0.05, 0) is 42.6 Å². The highest BCUT2D eigenvalue weighted by molar-refractivity contribution is 7.12. The van der Waals surface area contributed by atoms with Gasteiger partial charge in [0.25, 0.3) is 5.91 Å². The van der Waals surface area contributed by atoms with Crippen molar-refractivity contribution in [3.63, 3.8) is 0 Å². The van der Waals surface area contributed by atoms with Gasteiger partial charge < -0.3 is 15.4 Å². The summed E-state index contributed by atoms with van der Waals surface area (Å²) in [7, 11) is 1.30. The largest absolute Gasteiger partial charge is 0.465 e. The molecule has 0 spiro atoms. The Bertz CT molecular complexity index is 695. The molecule has 1 atom stereocenters. The number of rotatable bonds is 5. The summed E-state index contributed by atoms with van der Waals surface area (Å²) in [6.45, 7) is 1.60. The molecular weight excluding hydrogens is 316 g/mol. The van der Waals surface area contributed by atoms with Crippen molar-refractivity contribution in [1.82, 2.24) is 5.32 Å². The molecule has 0 fully saturated rings. The third kappa shape index (κ3) is 4.40. The molecule has 0 aliphatic heterocycles. The van der Waals surface area contributed by atoms with E-state index in [-0.39, 0.29) is 11.8 Å². The van der Waals surface area contributed by atoms with Crippen molar-refractivity contribution in [2.45, 2.75) is 13.0 Å². The normalized spacial score (nSPS) is 11.4. The van der Waals surface area contributed by atoms with Gasteiger partial charge >= 0.3 is 5.97 Å². The second-order valence-electron chi connectivity index (χ2n) is 4.73. The quantitative estimate of drug-likeness (QED) is 0.823. The molecule has 1 aromatic heterocycles. The van der Waals surface area contributed by atoms with Gasteiger partial charge in [0.1, 0.15) is 6.04 Å². The summed E-state index contributed by atoms with van der Waals surface area (Å²) in [4.78, 5) is 35.9. The number of esters is 1. The van der Waals surface area contributed by atoms with Crippen molar-refractivity contribution in [2.75, 3.05) is 12.4 Å². The van der Waals surface area contributed by atoms with Gasteiger partial charge in [0.15, 0.2) is 0 Å². The van der Waals surface area contributed by atoms with Crippen LogP contribution < -0.4 is 10.6 Å². The molecule has 120 valence electrons. The molecule has 0 saturated heterocycles. The fraction of sp³-hybridized carbons (Fsp3) is 0.188. The molecule has 0 aliphatic carbocycles. The van der Waals surface area contributed by atoms with E-state index in [1.165, 1.54) is 18.4 Å². The maximum atomic E-state index is 12.1. The highest BCUT2D eigenvalue weighted by atomic mass is 32.1.